The van der Waals surface area contributed by atoms with Crippen LogP contribution in [0.5, 0.6) is 0 Å². The molecule has 9 heteroatoms. The Kier molecular flexibility index (Phi) is 3.98. The van der Waals surface area contributed by atoms with Gasteiger partial charge in [0.05, 0.1) is 13.2 Å². The van der Waals surface area contributed by atoms with Crippen molar-refractivity contribution in [3.8, 4) is 0 Å². The summed E-state index contributed by atoms with van der Waals surface area (Å²) in [7, 11) is -3.73. The molecular weight excluding hydrogens is 274 g/mol. The van der Waals surface area contributed by atoms with Gasteiger partial charge in [-0.25, -0.2) is 9.78 Å². The second kappa shape index (κ2) is 5.51. The van der Waals surface area contributed by atoms with Crippen LogP contribution in [0.15, 0.2) is 18.2 Å². The number of anilines is 1. The minimum Gasteiger partial charge on any atom is -0.477 e. The van der Waals surface area contributed by atoms with Crippen LogP contribution >= 0.6 is 0 Å². The van der Waals surface area contributed by atoms with E-state index in [2.05, 4.69) is 9.71 Å². The molecule has 0 atom stereocenters. The maximum absolute atomic E-state index is 12.0. The number of carboxylic acid groups (broad SMARTS) is 1. The Morgan fingerprint density at radius 3 is 2.68 bits per heavy atom. The quantitative estimate of drug-likeness (QED) is 0.791. The van der Waals surface area contributed by atoms with Gasteiger partial charge in [-0.05, 0) is 12.1 Å². The normalized spacial score (nSPS) is 17.1. The zero-order valence-corrected chi connectivity index (χ0v) is 10.8. The second-order valence-electron chi connectivity index (χ2n) is 3.83. The summed E-state index contributed by atoms with van der Waals surface area (Å²) < 4.78 is 32.6. The van der Waals surface area contributed by atoms with Crippen LogP contribution in [0.25, 0.3) is 0 Å². The van der Waals surface area contributed by atoms with Gasteiger partial charge in [0.15, 0.2) is 5.69 Å². The number of aromatic carboxylic acids is 1. The average Bonchev–Trinajstić information content (AvgIpc) is 2.39. The predicted octanol–water partition coefficient (Wildman–Crippen LogP) is -0.231. The Bertz CT molecular complexity index is 568. The molecule has 1 aromatic rings. The SMILES string of the molecule is O=C(O)c1cccc(NS(=O)(=O)N2CCOCC2)n1. The number of nitrogens with zero attached hydrogens (tertiary/aromatic N) is 2. The number of ether oxygens (including phenoxy) is 1. The van der Waals surface area contributed by atoms with Crippen LogP contribution in [-0.4, -0.2) is 55.1 Å². The summed E-state index contributed by atoms with van der Waals surface area (Å²) in [6.45, 7) is 1.19. The van der Waals surface area contributed by atoms with Crippen molar-refractivity contribution < 1.29 is 23.1 Å². The van der Waals surface area contributed by atoms with Crippen molar-refractivity contribution in [1.29, 1.82) is 0 Å². The summed E-state index contributed by atoms with van der Waals surface area (Å²) in [5.74, 6) is -1.24. The van der Waals surface area contributed by atoms with Crippen LogP contribution in [0, 0.1) is 0 Å². The molecule has 1 fully saturated rings. The van der Waals surface area contributed by atoms with Gasteiger partial charge < -0.3 is 9.84 Å². The van der Waals surface area contributed by atoms with Crippen LogP contribution in [0.4, 0.5) is 5.82 Å². The van der Waals surface area contributed by atoms with Crippen LogP contribution in [-0.2, 0) is 14.9 Å². The number of nitrogens with one attached hydrogen (secondary N) is 1. The fourth-order valence-corrected chi connectivity index (χ4v) is 2.73. The van der Waals surface area contributed by atoms with Crippen molar-refractivity contribution in [2.24, 2.45) is 0 Å². The molecule has 0 radical (unpaired) electrons. The van der Waals surface area contributed by atoms with Gasteiger partial charge in [0.1, 0.15) is 5.82 Å². The van der Waals surface area contributed by atoms with Crippen LogP contribution in [0.3, 0.4) is 0 Å². The van der Waals surface area contributed by atoms with Gasteiger partial charge in [0.25, 0.3) is 0 Å². The minimum atomic E-state index is -3.73. The summed E-state index contributed by atoms with van der Waals surface area (Å²) in [6.07, 6.45) is 0. The number of hydrogen-bond donors (Lipinski definition) is 2. The van der Waals surface area contributed by atoms with Gasteiger partial charge >= 0.3 is 16.2 Å². The summed E-state index contributed by atoms with van der Waals surface area (Å²) >= 11 is 0. The zero-order chi connectivity index (χ0) is 13.9. The van der Waals surface area contributed by atoms with E-state index < -0.39 is 16.2 Å². The number of carbonyl (C=O) groups is 1. The predicted molar refractivity (Wildman–Crippen MR) is 66.1 cm³/mol. The Hall–Kier alpha value is -1.71. The Morgan fingerprint density at radius 2 is 2.05 bits per heavy atom. The first-order valence-electron chi connectivity index (χ1n) is 5.55. The molecule has 0 bridgehead atoms. The maximum atomic E-state index is 12.0. The van der Waals surface area contributed by atoms with E-state index in [0.29, 0.717) is 13.2 Å². The highest BCUT2D eigenvalue weighted by Gasteiger charge is 2.24. The molecular formula is C10H13N3O5S. The molecule has 0 unspecified atom stereocenters. The number of carboxylic acids is 1. The molecule has 1 aliphatic rings. The first-order valence-corrected chi connectivity index (χ1v) is 6.99. The monoisotopic (exact) mass is 287 g/mol. The summed E-state index contributed by atoms with van der Waals surface area (Å²) in [5, 5.41) is 8.79. The van der Waals surface area contributed by atoms with Crippen molar-refractivity contribution in [2.75, 3.05) is 31.0 Å². The van der Waals surface area contributed by atoms with Gasteiger partial charge in [-0.3, -0.25) is 4.72 Å². The molecule has 104 valence electrons. The topological polar surface area (TPSA) is 109 Å². The van der Waals surface area contributed by atoms with Gasteiger partial charge in [-0.15, -0.1) is 0 Å². The lowest BCUT2D eigenvalue weighted by atomic mass is 10.3. The molecule has 0 aliphatic carbocycles. The fraction of sp³-hybridized carbons (Fsp3) is 0.400. The van der Waals surface area contributed by atoms with Crippen molar-refractivity contribution >= 4 is 22.0 Å². The smallest absolute Gasteiger partial charge is 0.354 e. The number of pyridine rings is 1. The molecule has 0 aromatic carbocycles. The third-order valence-corrected chi connectivity index (χ3v) is 4.02. The van der Waals surface area contributed by atoms with Gasteiger partial charge in [-0.2, -0.15) is 12.7 Å². The maximum Gasteiger partial charge on any atom is 0.354 e. The third kappa shape index (κ3) is 3.40. The lowest BCUT2D eigenvalue weighted by Gasteiger charge is -2.26. The van der Waals surface area contributed by atoms with E-state index in [1.54, 1.807) is 0 Å². The van der Waals surface area contributed by atoms with E-state index >= 15 is 0 Å². The molecule has 0 spiro atoms. The van der Waals surface area contributed by atoms with Crippen molar-refractivity contribution in [3.63, 3.8) is 0 Å². The zero-order valence-electron chi connectivity index (χ0n) is 9.94. The standard InChI is InChI=1S/C10H13N3O5S/c14-10(15)8-2-1-3-9(11-8)12-19(16,17)13-4-6-18-7-5-13/h1-3H,4-7H2,(H,11,12)(H,14,15). The molecule has 2 heterocycles. The van der Waals surface area contributed by atoms with Crippen LogP contribution in [0.2, 0.25) is 0 Å². The Labute approximate surface area is 110 Å². The van der Waals surface area contributed by atoms with E-state index in [9.17, 15) is 13.2 Å². The van der Waals surface area contributed by atoms with E-state index in [0.717, 1.165) is 0 Å². The van der Waals surface area contributed by atoms with Gasteiger partial charge in [0, 0.05) is 13.1 Å². The lowest BCUT2D eigenvalue weighted by molar-refractivity contribution is 0.0690. The minimum absolute atomic E-state index is 0.0219. The average molecular weight is 287 g/mol. The molecule has 1 saturated heterocycles. The second-order valence-corrected chi connectivity index (χ2v) is 5.50. The molecule has 8 nitrogen and oxygen atoms in total. The highest BCUT2D eigenvalue weighted by atomic mass is 32.2. The highest BCUT2D eigenvalue weighted by Crippen LogP contribution is 2.11. The summed E-state index contributed by atoms with van der Waals surface area (Å²) in [5.41, 5.74) is -0.220. The summed E-state index contributed by atoms with van der Waals surface area (Å²) in [6, 6.07) is 4.10. The number of morpholine rings is 1. The van der Waals surface area contributed by atoms with E-state index in [-0.39, 0.29) is 24.6 Å². The molecule has 19 heavy (non-hydrogen) atoms. The van der Waals surface area contributed by atoms with Crippen molar-refractivity contribution in [1.82, 2.24) is 9.29 Å². The fourth-order valence-electron chi connectivity index (χ4n) is 1.59. The van der Waals surface area contributed by atoms with Crippen LogP contribution in [0.1, 0.15) is 10.5 Å². The van der Waals surface area contributed by atoms with Crippen LogP contribution < -0.4 is 4.72 Å². The summed E-state index contributed by atoms with van der Waals surface area (Å²) in [4.78, 5) is 14.5. The highest BCUT2D eigenvalue weighted by molar-refractivity contribution is 7.90. The van der Waals surface area contributed by atoms with Gasteiger partial charge in [-0.1, -0.05) is 6.07 Å². The van der Waals surface area contributed by atoms with Crippen molar-refractivity contribution in [2.45, 2.75) is 0 Å². The lowest BCUT2D eigenvalue weighted by Crippen LogP contribution is -2.43. The number of hydrogen-bond acceptors (Lipinski definition) is 5. The largest absolute Gasteiger partial charge is 0.477 e. The third-order valence-electron chi connectivity index (χ3n) is 2.51. The first kappa shape index (κ1) is 13.7. The number of aromatic nitrogens is 1. The van der Waals surface area contributed by atoms with E-state index in [4.69, 9.17) is 9.84 Å². The molecule has 0 amide bonds. The Balaban J connectivity index is 2.15. The molecule has 1 aliphatic heterocycles. The molecule has 0 saturated carbocycles. The number of rotatable bonds is 4. The molecule has 2 rings (SSSR count). The molecule has 2 N–H and O–H groups in total. The van der Waals surface area contributed by atoms with E-state index in [1.165, 1.54) is 22.5 Å². The van der Waals surface area contributed by atoms with Gasteiger partial charge in [0.2, 0.25) is 0 Å². The molecule has 1 aromatic heterocycles. The Morgan fingerprint density at radius 1 is 1.37 bits per heavy atom. The first-order chi connectivity index (χ1) is 8.99. The van der Waals surface area contributed by atoms with E-state index in [1.807, 2.05) is 0 Å². The van der Waals surface area contributed by atoms with Crippen molar-refractivity contribution in [3.05, 3.63) is 23.9 Å².